The summed E-state index contributed by atoms with van der Waals surface area (Å²) in [4.78, 5) is 45.2. The molecule has 1 saturated heterocycles. The zero-order valence-corrected chi connectivity index (χ0v) is 27.3. The number of aromatic nitrogens is 1. The van der Waals surface area contributed by atoms with Crippen molar-refractivity contribution in [3.8, 4) is 5.69 Å². The van der Waals surface area contributed by atoms with Crippen LogP contribution in [0.25, 0.3) is 16.5 Å². The molecule has 1 fully saturated rings. The number of alkyl carbamates (subject to hydrolysis) is 1. The number of amides is 2. The predicted molar refractivity (Wildman–Crippen MR) is 182 cm³/mol. The highest BCUT2D eigenvalue weighted by molar-refractivity contribution is 6.08. The highest BCUT2D eigenvalue weighted by atomic mass is 16.6. The smallest absolute Gasteiger partial charge is 0.407 e. The van der Waals surface area contributed by atoms with E-state index in [2.05, 4.69) is 27.4 Å². The number of hydrogen-bond donors (Lipinski definition) is 2. The molecule has 9 nitrogen and oxygen atoms in total. The first-order valence-electron chi connectivity index (χ1n) is 16.1. The van der Waals surface area contributed by atoms with E-state index < -0.39 is 11.7 Å². The van der Waals surface area contributed by atoms with Crippen molar-refractivity contribution in [2.75, 3.05) is 39.3 Å². The van der Waals surface area contributed by atoms with Crippen LogP contribution in [0.5, 0.6) is 0 Å². The minimum Gasteiger partial charge on any atom is -0.444 e. The number of fused-ring (bicyclic) bond motifs is 1. The maximum Gasteiger partial charge on any atom is 0.407 e. The van der Waals surface area contributed by atoms with Crippen molar-refractivity contribution < 1.29 is 14.3 Å². The number of hydrogen-bond acceptors (Lipinski definition) is 6. The highest BCUT2D eigenvalue weighted by Crippen LogP contribution is 2.26. The van der Waals surface area contributed by atoms with Gasteiger partial charge in [-0.05, 0) is 51.0 Å². The molecule has 0 bridgehead atoms. The fourth-order valence-electron chi connectivity index (χ4n) is 6.00. The summed E-state index contributed by atoms with van der Waals surface area (Å²) >= 11 is 0. The second-order valence-corrected chi connectivity index (χ2v) is 12.7. The fraction of sp³-hybridized carbons (Fsp3) is 0.378. The van der Waals surface area contributed by atoms with Gasteiger partial charge in [-0.3, -0.25) is 24.0 Å². The van der Waals surface area contributed by atoms with Gasteiger partial charge < -0.3 is 15.4 Å². The molecule has 46 heavy (non-hydrogen) atoms. The summed E-state index contributed by atoms with van der Waals surface area (Å²) in [6.45, 7) is 12.3. The van der Waals surface area contributed by atoms with Gasteiger partial charge in [0, 0.05) is 62.3 Å². The van der Waals surface area contributed by atoms with E-state index in [1.165, 1.54) is 0 Å². The summed E-state index contributed by atoms with van der Waals surface area (Å²) in [5.74, 6) is -0.196. The van der Waals surface area contributed by atoms with E-state index in [4.69, 9.17) is 4.74 Å². The predicted octanol–water partition coefficient (Wildman–Crippen LogP) is 5.51. The zero-order valence-electron chi connectivity index (χ0n) is 27.3. The van der Waals surface area contributed by atoms with Crippen LogP contribution >= 0.6 is 0 Å². The van der Waals surface area contributed by atoms with Crippen molar-refractivity contribution in [2.24, 2.45) is 0 Å². The molecule has 1 unspecified atom stereocenters. The van der Waals surface area contributed by atoms with Crippen molar-refractivity contribution in [3.05, 3.63) is 112 Å². The number of pyridine rings is 1. The SMILES string of the molecule is CCC(NC(=O)c1c(CN2CCN(CCNC(=O)OC(C)(C)C)CC2)n(-c2ccccc2)c(=O)c2ccccc12)c1ccccc1. The van der Waals surface area contributed by atoms with Crippen LogP contribution in [-0.2, 0) is 11.3 Å². The molecule has 1 aliphatic heterocycles. The van der Waals surface area contributed by atoms with Gasteiger partial charge in [-0.25, -0.2) is 4.79 Å². The van der Waals surface area contributed by atoms with Crippen LogP contribution in [0.3, 0.4) is 0 Å². The summed E-state index contributed by atoms with van der Waals surface area (Å²) in [7, 11) is 0. The normalized spacial score (nSPS) is 15.0. The Hall–Kier alpha value is -4.47. The lowest BCUT2D eigenvalue weighted by Gasteiger charge is -2.35. The monoisotopic (exact) mass is 623 g/mol. The van der Waals surface area contributed by atoms with Gasteiger partial charge in [-0.2, -0.15) is 0 Å². The summed E-state index contributed by atoms with van der Waals surface area (Å²) in [6.07, 6.45) is 0.316. The Morgan fingerprint density at radius 3 is 2.04 bits per heavy atom. The molecular weight excluding hydrogens is 578 g/mol. The first-order chi connectivity index (χ1) is 22.1. The standard InChI is InChI=1S/C37H45N5O4/c1-5-31(27-14-8-6-9-15-27)39-34(43)33-29-18-12-13-19-30(29)35(44)42(28-16-10-7-11-17-28)32(33)26-41-24-22-40(23-25-41)21-20-38-36(45)46-37(2,3)4/h6-19,31H,5,20-26H2,1-4H3,(H,38,45)(H,39,43). The second-order valence-electron chi connectivity index (χ2n) is 12.7. The molecule has 0 spiro atoms. The van der Waals surface area contributed by atoms with E-state index in [0.29, 0.717) is 41.7 Å². The van der Waals surface area contributed by atoms with E-state index in [0.717, 1.165) is 43.9 Å². The number of ether oxygens (including phenoxy) is 1. The van der Waals surface area contributed by atoms with E-state index in [9.17, 15) is 14.4 Å². The molecule has 9 heteroatoms. The summed E-state index contributed by atoms with van der Waals surface area (Å²) < 4.78 is 7.07. The van der Waals surface area contributed by atoms with Gasteiger partial charge >= 0.3 is 6.09 Å². The Morgan fingerprint density at radius 2 is 1.41 bits per heavy atom. The average Bonchev–Trinajstić information content (AvgIpc) is 3.04. The van der Waals surface area contributed by atoms with Gasteiger partial charge in [0.25, 0.3) is 11.5 Å². The minimum atomic E-state index is -0.534. The molecular formula is C37H45N5O4. The Morgan fingerprint density at radius 1 is 0.826 bits per heavy atom. The molecule has 242 valence electrons. The van der Waals surface area contributed by atoms with Crippen molar-refractivity contribution >= 4 is 22.8 Å². The lowest BCUT2D eigenvalue weighted by atomic mass is 9.99. The number of rotatable bonds is 10. The molecule has 0 saturated carbocycles. The first-order valence-corrected chi connectivity index (χ1v) is 16.1. The van der Waals surface area contributed by atoms with Crippen LogP contribution in [0.4, 0.5) is 4.79 Å². The molecule has 2 amide bonds. The maximum absolute atomic E-state index is 14.4. The van der Waals surface area contributed by atoms with Crippen molar-refractivity contribution in [1.29, 1.82) is 0 Å². The highest BCUT2D eigenvalue weighted by Gasteiger charge is 2.27. The third-order valence-corrected chi connectivity index (χ3v) is 8.28. The van der Waals surface area contributed by atoms with E-state index in [1.807, 2.05) is 99.6 Å². The number of carbonyl (C=O) groups is 2. The third-order valence-electron chi connectivity index (χ3n) is 8.28. The quantitative estimate of drug-likeness (QED) is 0.242. The first kappa shape index (κ1) is 32.9. The number of nitrogens with one attached hydrogen (secondary N) is 2. The maximum atomic E-state index is 14.4. The van der Waals surface area contributed by atoms with Gasteiger partial charge in [-0.1, -0.05) is 73.7 Å². The summed E-state index contributed by atoms with van der Waals surface area (Å²) in [6, 6.07) is 26.8. The molecule has 1 aromatic heterocycles. The van der Waals surface area contributed by atoms with Crippen LogP contribution in [0.15, 0.2) is 89.7 Å². The van der Waals surface area contributed by atoms with Crippen LogP contribution in [0.1, 0.15) is 61.8 Å². The molecule has 4 aromatic rings. The van der Waals surface area contributed by atoms with Crippen LogP contribution in [0.2, 0.25) is 0 Å². The van der Waals surface area contributed by atoms with Gasteiger partial charge in [0.05, 0.1) is 17.3 Å². The van der Waals surface area contributed by atoms with Crippen molar-refractivity contribution in [2.45, 2.75) is 52.3 Å². The van der Waals surface area contributed by atoms with Gasteiger partial charge in [0.1, 0.15) is 5.60 Å². The number of carbonyl (C=O) groups excluding carboxylic acids is 2. The minimum absolute atomic E-state index is 0.143. The Kier molecular flexibility index (Phi) is 10.6. The largest absolute Gasteiger partial charge is 0.444 e. The molecule has 0 aliphatic carbocycles. The molecule has 1 atom stereocenters. The van der Waals surface area contributed by atoms with E-state index >= 15 is 0 Å². The second kappa shape index (κ2) is 14.7. The van der Waals surface area contributed by atoms with Crippen LogP contribution < -0.4 is 16.2 Å². The molecule has 2 N–H and O–H groups in total. The Labute approximate surface area is 271 Å². The average molecular weight is 624 g/mol. The zero-order chi connectivity index (χ0) is 32.7. The van der Waals surface area contributed by atoms with Crippen LogP contribution in [0, 0.1) is 0 Å². The molecule has 2 heterocycles. The number of piperazine rings is 1. The Balaban J connectivity index is 1.43. The topological polar surface area (TPSA) is 95.9 Å². The Bertz CT molecular complexity index is 1690. The van der Waals surface area contributed by atoms with E-state index in [1.54, 1.807) is 10.6 Å². The van der Waals surface area contributed by atoms with Crippen LogP contribution in [-0.4, -0.2) is 71.2 Å². The van der Waals surface area contributed by atoms with Crippen molar-refractivity contribution in [1.82, 2.24) is 25.0 Å². The van der Waals surface area contributed by atoms with Gasteiger partial charge in [0.15, 0.2) is 0 Å². The molecule has 5 rings (SSSR count). The summed E-state index contributed by atoms with van der Waals surface area (Å²) in [5.41, 5.74) is 2.29. The molecule has 1 aliphatic rings. The van der Waals surface area contributed by atoms with Gasteiger partial charge in [-0.15, -0.1) is 0 Å². The number of benzene rings is 3. The number of para-hydroxylation sites is 1. The fourth-order valence-corrected chi connectivity index (χ4v) is 6.00. The molecule has 0 radical (unpaired) electrons. The number of nitrogens with zero attached hydrogens (tertiary/aromatic N) is 3. The molecule has 3 aromatic carbocycles. The van der Waals surface area contributed by atoms with E-state index in [-0.39, 0.29) is 17.5 Å². The van der Waals surface area contributed by atoms with Gasteiger partial charge in [0.2, 0.25) is 0 Å². The third kappa shape index (κ3) is 8.02. The summed E-state index contributed by atoms with van der Waals surface area (Å²) in [5, 5.41) is 7.30. The lowest BCUT2D eigenvalue weighted by Crippen LogP contribution is -2.49. The lowest BCUT2D eigenvalue weighted by molar-refractivity contribution is 0.0515. The van der Waals surface area contributed by atoms with Crippen molar-refractivity contribution in [3.63, 3.8) is 0 Å².